The third-order valence-corrected chi connectivity index (χ3v) is 5.42. The summed E-state index contributed by atoms with van der Waals surface area (Å²) in [7, 11) is 6.43. The Kier molecular flexibility index (Phi) is 9.67. The summed E-state index contributed by atoms with van der Waals surface area (Å²) in [5, 5.41) is 16.1. The molecule has 0 bridgehead atoms. The van der Waals surface area contributed by atoms with Crippen molar-refractivity contribution in [2.75, 3.05) is 40.1 Å². The Labute approximate surface area is 201 Å². The van der Waals surface area contributed by atoms with Crippen LogP contribution in [-0.4, -0.2) is 67.2 Å². The number of amides is 2. The van der Waals surface area contributed by atoms with Gasteiger partial charge in [-0.2, -0.15) is 0 Å². The van der Waals surface area contributed by atoms with Crippen LogP contribution in [0.15, 0.2) is 60.3 Å². The van der Waals surface area contributed by atoms with E-state index in [0.717, 1.165) is 12.1 Å². The summed E-state index contributed by atoms with van der Waals surface area (Å²) < 4.78 is 0. The number of carbonyl (C=O) groups is 3. The molecule has 34 heavy (non-hydrogen) atoms. The van der Waals surface area contributed by atoms with Crippen molar-refractivity contribution in [2.45, 2.75) is 25.8 Å². The van der Waals surface area contributed by atoms with Gasteiger partial charge in [0.2, 0.25) is 5.91 Å². The van der Waals surface area contributed by atoms with Gasteiger partial charge in [0.1, 0.15) is 0 Å². The minimum atomic E-state index is -0.398. The number of aromatic hydroxyl groups is 1. The van der Waals surface area contributed by atoms with Gasteiger partial charge in [0.05, 0.1) is 30.3 Å². The van der Waals surface area contributed by atoms with E-state index in [1.165, 1.54) is 28.5 Å². The number of anilines is 1. The van der Waals surface area contributed by atoms with Crippen LogP contribution in [0, 0.1) is 0 Å². The molecule has 1 aliphatic rings. The first kappa shape index (κ1) is 26.4. The Morgan fingerprint density at radius 2 is 1.71 bits per heavy atom. The smallest absolute Gasteiger partial charge is 0.257 e. The maximum absolute atomic E-state index is 12.2. The monoisotopic (exact) mass is 466 g/mol. The molecule has 0 aromatic heterocycles. The van der Waals surface area contributed by atoms with E-state index in [9.17, 15) is 19.5 Å². The van der Waals surface area contributed by atoms with E-state index in [-0.39, 0.29) is 29.5 Å². The maximum Gasteiger partial charge on any atom is 0.257 e. The summed E-state index contributed by atoms with van der Waals surface area (Å²) in [6, 6.07) is 15.5. The largest absolute Gasteiger partial charge is 0.505 e. The van der Waals surface area contributed by atoms with Crippen LogP contribution in [0.5, 0.6) is 5.75 Å². The van der Waals surface area contributed by atoms with Gasteiger partial charge in [-0.15, -0.1) is 0 Å². The highest BCUT2D eigenvalue weighted by atomic mass is 16.3. The van der Waals surface area contributed by atoms with Crippen LogP contribution in [-0.2, 0) is 9.59 Å². The molecule has 0 unspecified atom stereocenters. The van der Waals surface area contributed by atoms with Gasteiger partial charge in [-0.3, -0.25) is 14.4 Å². The van der Waals surface area contributed by atoms with E-state index in [4.69, 9.17) is 0 Å². The Bertz CT molecular complexity index is 1030. The Morgan fingerprint density at radius 3 is 2.24 bits per heavy atom. The van der Waals surface area contributed by atoms with Crippen molar-refractivity contribution >= 4 is 23.3 Å². The predicted octanol–water partition coefficient (Wildman–Crippen LogP) is 3.18. The van der Waals surface area contributed by atoms with Crippen LogP contribution in [0.2, 0.25) is 0 Å². The molecule has 8 nitrogen and oxygen atoms in total. The predicted molar refractivity (Wildman–Crippen MR) is 134 cm³/mol. The molecule has 0 spiro atoms. The average Bonchev–Trinajstić information content (AvgIpc) is 2.81. The lowest BCUT2D eigenvalue weighted by atomic mass is 10.00. The fourth-order valence-electron chi connectivity index (χ4n) is 3.32. The molecule has 2 aromatic rings. The first-order valence-electron chi connectivity index (χ1n) is 11.2. The molecule has 2 amide bonds. The lowest BCUT2D eigenvalue weighted by Crippen LogP contribution is -2.37. The molecule has 0 aliphatic heterocycles. The highest BCUT2D eigenvalue weighted by molar-refractivity contribution is 6.00. The number of nitrogens with zero attached hydrogens (tertiary/aromatic N) is 2. The molecule has 3 rings (SSSR count). The molecule has 1 aliphatic carbocycles. The van der Waals surface area contributed by atoms with E-state index in [2.05, 4.69) is 29.7 Å². The van der Waals surface area contributed by atoms with Crippen molar-refractivity contribution in [1.82, 2.24) is 15.1 Å². The lowest BCUT2D eigenvalue weighted by Gasteiger charge is -2.23. The maximum atomic E-state index is 12.2. The fourth-order valence-corrected chi connectivity index (χ4v) is 3.32. The normalized spacial score (nSPS) is 12.9. The Hall–Kier alpha value is -3.81. The van der Waals surface area contributed by atoms with Crippen molar-refractivity contribution in [3.63, 3.8) is 0 Å². The fraction of sp³-hybridized carbons (Fsp3) is 0.346. The quantitative estimate of drug-likeness (QED) is 0.517. The van der Waals surface area contributed by atoms with E-state index in [1.54, 1.807) is 39.4 Å². The number of para-hydroxylation sites is 1. The molecule has 1 atom stereocenters. The first-order valence-corrected chi connectivity index (χ1v) is 11.2. The number of ketones is 1. The Balaban J connectivity index is 0.000000246. The van der Waals surface area contributed by atoms with Crippen molar-refractivity contribution in [1.29, 1.82) is 0 Å². The number of allylic oxidation sites excluding steroid dienone is 2. The SMILES string of the molecule is CC[C@@H](NC1=CC(=O)C1)c1ccccc1.CNc1cccc(C(=O)N(C)CC(=O)N(C)C)c1O. The van der Waals surface area contributed by atoms with Crippen LogP contribution in [0.4, 0.5) is 5.69 Å². The summed E-state index contributed by atoms with van der Waals surface area (Å²) >= 11 is 0. The Morgan fingerprint density at radius 1 is 1.06 bits per heavy atom. The van der Waals surface area contributed by atoms with Gasteiger partial charge < -0.3 is 25.5 Å². The molecular weight excluding hydrogens is 432 g/mol. The molecule has 2 aromatic carbocycles. The van der Waals surface area contributed by atoms with Crippen LogP contribution in [0.3, 0.4) is 0 Å². The zero-order valence-corrected chi connectivity index (χ0v) is 20.5. The molecule has 8 heteroatoms. The lowest BCUT2D eigenvalue weighted by molar-refractivity contribution is -0.129. The van der Waals surface area contributed by atoms with Gasteiger partial charge in [-0.1, -0.05) is 43.3 Å². The zero-order valence-electron chi connectivity index (χ0n) is 20.5. The molecule has 0 saturated heterocycles. The second-order valence-corrected chi connectivity index (χ2v) is 8.23. The van der Waals surface area contributed by atoms with Gasteiger partial charge in [0.15, 0.2) is 11.5 Å². The van der Waals surface area contributed by atoms with E-state index in [0.29, 0.717) is 18.2 Å². The topological polar surface area (TPSA) is 102 Å². The van der Waals surface area contributed by atoms with Gasteiger partial charge in [0.25, 0.3) is 5.91 Å². The highest BCUT2D eigenvalue weighted by Gasteiger charge is 2.20. The summed E-state index contributed by atoms with van der Waals surface area (Å²) in [6.07, 6.45) is 3.28. The zero-order chi connectivity index (χ0) is 25.3. The number of likely N-dealkylation sites (N-methyl/N-ethyl adjacent to an activating group) is 2. The second-order valence-electron chi connectivity index (χ2n) is 8.23. The number of phenols is 1. The summed E-state index contributed by atoms with van der Waals surface area (Å²) in [6.45, 7) is 2.11. The molecule has 182 valence electrons. The average molecular weight is 467 g/mol. The number of carbonyl (C=O) groups excluding carboxylic acids is 3. The molecule has 0 saturated carbocycles. The number of phenolic OH excluding ortho intramolecular Hbond substituents is 1. The van der Waals surface area contributed by atoms with Crippen LogP contribution in [0.25, 0.3) is 0 Å². The van der Waals surface area contributed by atoms with Gasteiger partial charge in [-0.05, 0) is 24.1 Å². The molecule has 0 radical (unpaired) electrons. The van der Waals surface area contributed by atoms with Crippen molar-refractivity contribution in [2.24, 2.45) is 0 Å². The molecular formula is C26H34N4O4. The van der Waals surface area contributed by atoms with Crippen molar-refractivity contribution in [3.05, 3.63) is 71.4 Å². The second kappa shape index (κ2) is 12.4. The third kappa shape index (κ3) is 7.10. The standard InChI is InChI=1S/C13H19N3O3.C13H15NO/c1-14-10-7-5-6-9(12(10)18)13(19)16(4)8-11(17)15(2)3;1-2-13(10-6-4-3-5-7-10)14-11-8-12(15)9-11/h5-7,14,18H,8H2,1-4H3;3-8,13-14H,2,9H2,1H3/t;13-/m.1/s1. The number of benzene rings is 2. The van der Waals surface area contributed by atoms with Crippen molar-refractivity contribution in [3.8, 4) is 5.75 Å². The minimum absolute atomic E-state index is 0.0327. The summed E-state index contributed by atoms with van der Waals surface area (Å²) in [4.78, 5) is 37.2. The van der Waals surface area contributed by atoms with Crippen LogP contribution >= 0.6 is 0 Å². The minimum Gasteiger partial charge on any atom is -0.505 e. The van der Waals surface area contributed by atoms with Gasteiger partial charge in [0, 0.05) is 40.0 Å². The molecule has 0 heterocycles. The number of hydrogen-bond donors (Lipinski definition) is 3. The summed E-state index contributed by atoms with van der Waals surface area (Å²) in [5.41, 5.74) is 2.98. The molecule has 0 fully saturated rings. The van der Waals surface area contributed by atoms with E-state index >= 15 is 0 Å². The van der Waals surface area contributed by atoms with Crippen molar-refractivity contribution < 1.29 is 19.5 Å². The first-order chi connectivity index (χ1) is 16.2. The highest BCUT2D eigenvalue weighted by Crippen LogP contribution is 2.27. The van der Waals surface area contributed by atoms with E-state index < -0.39 is 5.91 Å². The van der Waals surface area contributed by atoms with Gasteiger partial charge in [-0.25, -0.2) is 0 Å². The number of nitrogens with one attached hydrogen (secondary N) is 2. The number of hydrogen-bond acceptors (Lipinski definition) is 6. The van der Waals surface area contributed by atoms with Gasteiger partial charge >= 0.3 is 0 Å². The van der Waals surface area contributed by atoms with E-state index in [1.807, 2.05) is 18.2 Å². The molecule has 3 N–H and O–H groups in total. The summed E-state index contributed by atoms with van der Waals surface area (Å²) in [5.74, 6) is -0.468. The van der Waals surface area contributed by atoms with Crippen LogP contribution in [0.1, 0.15) is 41.7 Å². The number of rotatable bonds is 8. The third-order valence-electron chi connectivity index (χ3n) is 5.42. The van der Waals surface area contributed by atoms with Crippen LogP contribution < -0.4 is 10.6 Å².